The Balaban J connectivity index is 1.98. The quantitative estimate of drug-likeness (QED) is 0.627. The van der Waals surface area contributed by atoms with Crippen molar-refractivity contribution in [2.45, 2.75) is 42.7 Å². The zero-order valence-corrected chi connectivity index (χ0v) is 13.0. The van der Waals surface area contributed by atoms with E-state index in [4.69, 9.17) is 10.5 Å². The molecule has 8 nitrogen and oxygen atoms in total. The molecular weight excluding hydrogens is 341 g/mol. The Labute approximate surface area is 129 Å². The van der Waals surface area contributed by atoms with Gasteiger partial charge in [0, 0.05) is 0 Å². The van der Waals surface area contributed by atoms with E-state index in [2.05, 4.69) is 31.0 Å². The van der Waals surface area contributed by atoms with Crippen molar-refractivity contribution < 1.29 is 14.9 Å². The van der Waals surface area contributed by atoms with E-state index < -0.39 is 24.5 Å². The Morgan fingerprint density at radius 2 is 2.24 bits per heavy atom. The van der Waals surface area contributed by atoms with E-state index in [1.807, 2.05) is 6.92 Å². The molecule has 1 unspecified atom stereocenters. The van der Waals surface area contributed by atoms with Gasteiger partial charge in [0.15, 0.2) is 0 Å². The first kappa shape index (κ1) is 14.7. The van der Waals surface area contributed by atoms with E-state index >= 15 is 0 Å². The fourth-order valence-corrected chi connectivity index (χ4v) is 3.24. The molecule has 1 radical (unpaired) electrons. The van der Waals surface area contributed by atoms with Gasteiger partial charge in [0.1, 0.15) is 0 Å². The van der Waals surface area contributed by atoms with Crippen molar-refractivity contribution in [3.8, 4) is 0 Å². The van der Waals surface area contributed by atoms with E-state index in [0.717, 1.165) is 0 Å². The number of hydrogen-bond donors (Lipinski definition) is 3. The molecule has 2 aromatic rings. The third kappa shape index (κ3) is 2.31. The molecule has 0 aromatic carbocycles. The fraction of sp³-hybridized carbons (Fsp3) is 0.583. The van der Waals surface area contributed by atoms with Crippen LogP contribution < -0.4 is 5.73 Å². The maximum atomic E-state index is 10.2. The summed E-state index contributed by atoms with van der Waals surface area (Å²) >= 11 is 2.91. The molecule has 4 N–H and O–H groups in total. The summed E-state index contributed by atoms with van der Waals surface area (Å²) in [5.74, 6) is 0.291. The van der Waals surface area contributed by atoms with Crippen LogP contribution in [0.1, 0.15) is 19.6 Å². The Kier molecular flexibility index (Phi) is 3.85. The third-order valence-corrected chi connectivity index (χ3v) is 4.78. The number of ether oxygens (including phenoxy) is 1. The molecule has 0 spiro atoms. The molecule has 1 aliphatic rings. The number of hydrogen-bond acceptors (Lipinski definition) is 7. The Hall–Kier alpha value is -1.25. The van der Waals surface area contributed by atoms with Crippen molar-refractivity contribution in [2.75, 3.05) is 5.73 Å². The monoisotopic (exact) mass is 358 g/mol. The van der Waals surface area contributed by atoms with Crippen LogP contribution in [-0.2, 0) is 4.74 Å². The number of imidazole rings is 1. The normalized spacial score (nSPS) is 30.9. The molecule has 0 bridgehead atoms. The topological polar surface area (TPSA) is 119 Å². The number of aliphatic hydroxyl groups excluding tert-OH is 2. The molecule has 113 valence electrons. The molecule has 1 fully saturated rings. The number of nitrogens with zero attached hydrogens (tertiary/aromatic N) is 4. The van der Waals surface area contributed by atoms with Gasteiger partial charge >= 0.3 is 129 Å². The third-order valence-electron chi connectivity index (χ3n) is 3.71. The first-order valence-electron chi connectivity index (χ1n) is 6.65. The number of rotatable bonds is 3. The van der Waals surface area contributed by atoms with Crippen molar-refractivity contribution in [1.82, 2.24) is 19.5 Å². The van der Waals surface area contributed by atoms with E-state index in [0.29, 0.717) is 23.4 Å². The van der Waals surface area contributed by atoms with Gasteiger partial charge in [0.25, 0.3) is 0 Å². The van der Waals surface area contributed by atoms with Crippen molar-refractivity contribution in [1.29, 1.82) is 0 Å². The standard InChI is InChI=1S/C12H16N5O3Se/c1-2-5(18)8-7(19)9(21)12(20-8)17-4-16-6-10(13)14-3-15-11(6)17/h3-5,7-9,12,18-19H,2H2,1H3,(H2,13,14,15)/t5?,7-,8-,9-,12-/m1/s1. The van der Waals surface area contributed by atoms with E-state index in [1.165, 1.54) is 6.33 Å². The molecule has 3 rings (SSSR count). The van der Waals surface area contributed by atoms with E-state index in [-0.39, 0.29) is 4.82 Å². The number of aliphatic hydroxyl groups is 2. The van der Waals surface area contributed by atoms with Gasteiger partial charge in [0.2, 0.25) is 0 Å². The SMILES string of the molecule is CCC(O)[C@H]1O[C@@H](n2cnc3c(N)ncnc32)[C@H]([Se])[C@@H]1O. The minimum absolute atomic E-state index is 0.291. The number of nitrogens with two attached hydrogens (primary N) is 1. The zero-order chi connectivity index (χ0) is 15.1. The van der Waals surface area contributed by atoms with Gasteiger partial charge < -0.3 is 0 Å². The second-order valence-electron chi connectivity index (χ2n) is 5.01. The summed E-state index contributed by atoms with van der Waals surface area (Å²) in [6.45, 7) is 1.84. The first-order chi connectivity index (χ1) is 10.0. The van der Waals surface area contributed by atoms with E-state index in [9.17, 15) is 10.2 Å². The minimum atomic E-state index is -0.804. The van der Waals surface area contributed by atoms with Crippen LogP contribution in [0.4, 0.5) is 5.82 Å². The van der Waals surface area contributed by atoms with Crippen LogP contribution in [0.5, 0.6) is 0 Å². The first-order valence-corrected chi connectivity index (χ1v) is 7.64. The molecule has 9 heteroatoms. The van der Waals surface area contributed by atoms with Crippen LogP contribution in [0.2, 0.25) is 4.82 Å². The van der Waals surface area contributed by atoms with E-state index in [1.54, 1.807) is 10.9 Å². The number of aromatic nitrogens is 4. The molecule has 5 atom stereocenters. The molecule has 0 aliphatic carbocycles. The van der Waals surface area contributed by atoms with Crippen LogP contribution in [0, 0.1) is 0 Å². The second-order valence-corrected chi connectivity index (χ2v) is 6.15. The predicted octanol–water partition coefficient (Wildman–Crippen LogP) is -0.605. The van der Waals surface area contributed by atoms with Gasteiger partial charge in [-0.05, 0) is 0 Å². The summed E-state index contributed by atoms with van der Waals surface area (Å²) in [4.78, 5) is 11.9. The molecule has 21 heavy (non-hydrogen) atoms. The summed E-state index contributed by atoms with van der Waals surface area (Å²) in [6, 6.07) is 0. The Morgan fingerprint density at radius 1 is 1.48 bits per heavy atom. The summed E-state index contributed by atoms with van der Waals surface area (Å²) in [5.41, 5.74) is 6.78. The molecule has 3 heterocycles. The van der Waals surface area contributed by atoms with Crippen molar-refractivity contribution in [2.24, 2.45) is 0 Å². The molecule has 1 aliphatic heterocycles. The van der Waals surface area contributed by atoms with Crippen LogP contribution in [0.3, 0.4) is 0 Å². The molecule has 1 saturated heterocycles. The van der Waals surface area contributed by atoms with Gasteiger partial charge in [0.05, 0.1) is 0 Å². The average molecular weight is 357 g/mol. The van der Waals surface area contributed by atoms with Gasteiger partial charge in [-0.3, -0.25) is 0 Å². The number of anilines is 1. The molecule has 0 saturated carbocycles. The van der Waals surface area contributed by atoms with Crippen LogP contribution in [0.25, 0.3) is 11.2 Å². The van der Waals surface area contributed by atoms with Gasteiger partial charge in [-0.15, -0.1) is 0 Å². The van der Waals surface area contributed by atoms with Gasteiger partial charge in [-0.25, -0.2) is 0 Å². The van der Waals surface area contributed by atoms with Crippen LogP contribution in [0.15, 0.2) is 12.7 Å². The molecule has 2 aromatic heterocycles. The Morgan fingerprint density at radius 3 is 2.95 bits per heavy atom. The van der Waals surface area contributed by atoms with Crippen LogP contribution in [-0.4, -0.2) is 64.1 Å². The van der Waals surface area contributed by atoms with Crippen LogP contribution >= 0.6 is 0 Å². The summed E-state index contributed by atoms with van der Waals surface area (Å²) in [5, 5.41) is 20.2. The summed E-state index contributed by atoms with van der Waals surface area (Å²) in [7, 11) is 0. The molecule has 0 amide bonds. The Bertz CT molecular complexity index is 651. The number of fused-ring (bicyclic) bond motifs is 1. The second kappa shape index (κ2) is 5.51. The average Bonchev–Trinajstić information content (AvgIpc) is 3.02. The zero-order valence-electron chi connectivity index (χ0n) is 11.3. The van der Waals surface area contributed by atoms with Gasteiger partial charge in [-0.1, -0.05) is 0 Å². The summed E-state index contributed by atoms with van der Waals surface area (Å²) in [6.07, 6.45) is 0.720. The van der Waals surface area contributed by atoms with Gasteiger partial charge in [-0.2, -0.15) is 0 Å². The van der Waals surface area contributed by atoms with Crippen molar-refractivity contribution >= 4 is 33.0 Å². The van der Waals surface area contributed by atoms with Crippen molar-refractivity contribution in [3.05, 3.63) is 12.7 Å². The fourth-order valence-electron chi connectivity index (χ4n) is 2.51. The molecular formula is C12H16N5O3Se. The number of nitrogen functional groups attached to an aromatic ring is 1. The predicted molar refractivity (Wildman–Crippen MR) is 75.5 cm³/mol. The summed E-state index contributed by atoms with van der Waals surface area (Å²) < 4.78 is 7.52. The maximum absolute atomic E-state index is 10.2. The van der Waals surface area contributed by atoms with Crippen molar-refractivity contribution in [3.63, 3.8) is 0 Å².